The van der Waals surface area contributed by atoms with Crippen LogP contribution in [-0.4, -0.2) is 47.3 Å². The van der Waals surface area contributed by atoms with Gasteiger partial charge in [-0.05, 0) is 37.1 Å². The van der Waals surface area contributed by atoms with Crippen molar-refractivity contribution in [1.29, 1.82) is 0 Å². The molecule has 4 heterocycles. The van der Waals surface area contributed by atoms with E-state index in [0.717, 1.165) is 5.69 Å². The molecule has 0 spiro atoms. The molecule has 1 aromatic carbocycles. The van der Waals surface area contributed by atoms with E-state index in [9.17, 15) is 18.0 Å². The first-order valence-corrected chi connectivity index (χ1v) is 12.7. The lowest BCUT2D eigenvalue weighted by atomic mass is 10.0. The van der Waals surface area contributed by atoms with E-state index in [-0.39, 0.29) is 24.6 Å². The van der Waals surface area contributed by atoms with E-state index < -0.39 is 18.2 Å². The number of para-hydroxylation sites is 1. The zero-order chi connectivity index (χ0) is 27.4. The Bertz CT molecular complexity index is 1600. The molecular formula is C27H23ClF3N5O3. The van der Waals surface area contributed by atoms with Crippen molar-refractivity contribution in [2.45, 2.75) is 25.4 Å². The van der Waals surface area contributed by atoms with Gasteiger partial charge in [-0.3, -0.25) is 9.78 Å². The summed E-state index contributed by atoms with van der Waals surface area (Å²) < 4.78 is 51.3. The maximum Gasteiger partial charge on any atom is 0.397 e. The summed E-state index contributed by atoms with van der Waals surface area (Å²) in [5.74, 6) is 0.218. The highest BCUT2D eigenvalue weighted by molar-refractivity contribution is 6.32. The van der Waals surface area contributed by atoms with Gasteiger partial charge >= 0.3 is 6.18 Å². The van der Waals surface area contributed by atoms with E-state index in [0.29, 0.717) is 63.0 Å². The maximum absolute atomic E-state index is 13.4. The lowest BCUT2D eigenvalue weighted by molar-refractivity contribution is -0.194. The summed E-state index contributed by atoms with van der Waals surface area (Å²) in [5, 5.41) is 6.57. The van der Waals surface area contributed by atoms with Crippen LogP contribution in [0.4, 0.5) is 24.5 Å². The highest BCUT2D eigenvalue weighted by atomic mass is 35.5. The van der Waals surface area contributed by atoms with Gasteiger partial charge in [0.25, 0.3) is 5.91 Å². The van der Waals surface area contributed by atoms with Crippen LogP contribution in [0.2, 0.25) is 5.02 Å². The average Bonchev–Trinajstić information content (AvgIpc) is 3.63. The molecule has 1 fully saturated rings. The molecule has 0 radical (unpaired) electrons. The summed E-state index contributed by atoms with van der Waals surface area (Å²) >= 11 is 6.33. The van der Waals surface area contributed by atoms with Crippen LogP contribution < -0.4 is 20.1 Å². The van der Waals surface area contributed by atoms with Crippen molar-refractivity contribution in [2.75, 3.05) is 25.6 Å². The summed E-state index contributed by atoms with van der Waals surface area (Å²) in [7, 11) is 1.50. The van der Waals surface area contributed by atoms with Crippen LogP contribution >= 0.6 is 11.6 Å². The number of nitrogens with one attached hydrogen (secondary N) is 3. The number of alkyl halides is 3. The topological polar surface area (TPSA) is 101 Å². The molecule has 3 N–H and O–H groups in total. The maximum atomic E-state index is 13.4. The number of H-pyrrole nitrogens is 1. The van der Waals surface area contributed by atoms with E-state index in [1.54, 1.807) is 36.5 Å². The van der Waals surface area contributed by atoms with Crippen molar-refractivity contribution in [3.63, 3.8) is 0 Å². The molecule has 0 saturated heterocycles. The van der Waals surface area contributed by atoms with Gasteiger partial charge < -0.3 is 25.1 Å². The Labute approximate surface area is 225 Å². The third-order valence-electron chi connectivity index (χ3n) is 7.17. The van der Waals surface area contributed by atoms with Gasteiger partial charge in [0.1, 0.15) is 17.5 Å². The highest BCUT2D eigenvalue weighted by Gasteiger charge is 2.64. The molecule has 39 heavy (non-hydrogen) atoms. The number of pyridine rings is 2. The molecule has 1 saturated carbocycles. The lowest BCUT2D eigenvalue weighted by Crippen LogP contribution is -2.31. The number of fused-ring (bicyclic) bond motifs is 2. The lowest BCUT2D eigenvalue weighted by Gasteiger charge is -2.19. The predicted octanol–water partition coefficient (Wildman–Crippen LogP) is 6.04. The average molecular weight is 558 g/mol. The molecule has 1 amide bonds. The van der Waals surface area contributed by atoms with Crippen LogP contribution in [0.3, 0.4) is 0 Å². The number of carbonyl (C=O) groups is 1. The molecule has 2 aliphatic rings. The van der Waals surface area contributed by atoms with E-state index in [2.05, 4.69) is 25.6 Å². The Kier molecular flexibility index (Phi) is 6.05. The van der Waals surface area contributed by atoms with E-state index in [4.69, 9.17) is 21.1 Å². The monoisotopic (exact) mass is 557 g/mol. The van der Waals surface area contributed by atoms with E-state index in [1.807, 2.05) is 0 Å². The van der Waals surface area contributed by atoms with Gasteiger partial charge in [0.15, 0.2) is 5.75 Å². The fourth-order valence-electron chi connectivity index (χ4n) is 4.82. The van der Waals surface area contributed by atoms with Gasteiger partial charge in [0, 0.05) is 36.5 Å². The SMILES string of the molecule is COc1c(Cl)cccc1Nc1c(-c2ccnc3ccc(OCC4(C(F)(F)F)CC4)nc23)[nH]c2c1C(=O)NCC2. The molecule has 0 bridgehead atoms. The number of halogens is 4. The Morgan fingerprint density at radius 1 is 1.18 bits per heavy atom. The fourth-order valence-corrected chi connectivity index (χ4v) is 5.07. The number of aromatic nitrogens is 3. The van der Waals surface area contributed by atoms with Gasteiger partial charge in [-0.25, -0.2) is 4.98 Å². The van der Waals surface area contributed by atoms with Gasteiger partial charge in [-0.1, -0.05) is 17.7 Å². The van der Waals surface area contributed by atoms with Crippen LogP contribution in [0.25, 0.3) is 22.3 Å². The van der Waals surface area contributed by atoms with E-state index >= 15 is 0 Å². The van der Waals surface area contributed by atoms with Crippen molar-refractivity contribution in [3.05, 3.63) is 58.9 Å². The molecule has 1 aliphatic heterocycles. The second-order valence-electron chi connectivity index (χ2n) is 9.62. The Morgan fingerprint density at radius 2 is 2.00 bits per heavy atom. The smallest absolute Gasteiger partial charge is 0.397 e. The van der Waals surface area contributed by atoms with Crippen molar-refractivity contribution in [3.8, 4) is 22.9 Å². The summed E-state index contributed by atoms with van der Waals surface area (Å²) in [6.07, 6.45) is -2.08. The Hall–Kier alpha value is -3.99. The minimum absolute atomic E-state index is 0.0367. The second kappa shape index (κ2) is 9.33. The van der Waals surface area contributed by atoms with Crippen molar-refractivity contribution in [1.82, 2.24) is 20.3 Å². The predicted molar refractivity (Wildman–Crippen MR) is 140 cm³/mol. The van der Waals surface area contributed by atoms with Crippen LogP contribution in [0.5, 0.6) is 11.6 Å². The minimum Gasteiger partial charge on any atom is -0.493 e. The molecule has 0 unspecified atom stereocenters. The summed E-state index contributed by atoms with van der Waals surface area (Å²) in [6, 6.07) is 10.1. The zero-order valence-corrected chi connectivity index (χ0v) is 21.5. The number of methoxy groups -OCH3 is 1. The van der Waals surface area contributed by atoms with Crippen LogP contribution in [-0.2, 0) is 6.42 Å². The second-order valence-corrected chi connectivity index (χ2v) is 10.0. The summed E-state index contributed by atoms with van der Waals surface area (Å²) in [4.78, 5) is 25.3. The standard InChI is InChI=1S/C27H23ClF3N5O3/c1-38-24-15(28)3-2-4-18(24)35-23-20-16(8-12-33-25(20)37)34-22(23)14-7-11-32-17-5-6-19(36-21(14)17)39-13-26(9-10-26)27(29,30)31/h2-7,11,34-35H,8-10,12-13H2,1H3,(H,33,37). The normalized spacial score (nSPS) is 16.0. The number of benzene rings is 1. The number of ether oxygens (including phenoxy) is 2. The number of hydrogen-bond acceptors (Lipinski definition) is 6. The Balaban J connectivity index is 1.45. The molecule has 0 atom stereocenters. The number of anilines is 2. The number of amides is 1. The number of rotatable bonds is 7. The molecule has 1 aliphatic carbocycles. The van der Waals surface area contributed by atoms with Crippen molar-refractivity contribution < 1.29 is 27.4 Å². The number of aromatic amines is 1. The quantitative estimate of drug-likeness (QED) is 0.256. The largest absolute Gasteiger partial charge is 0.493 e. The molecular weight excluding hydrogens is 535 g/mol. The molecule has 8 nitrogen and oxygen atoms in total. The molecule has 4 aromatic rings. The molecule has 6 rings (SSSR count). The summed E-state index contributed by atoms with van der Waals surface area (Å²) in [6.45, 7) is -0.0249. The van der Waals surface area contributed by atoms with Gasteiger partial charge in [-0.2, -0.15) is 13.2 Å². The van der Waals surface area contributed by atoms with E-state index in [1.165, 1.54) is 13.2 Å². The van der Waals surface area contributed by atoms with Crippen LogP contribution in [0, 0.1) is 5.41 Å². The highest BCUT2D eigenvalue weighted by Crippen LogP contribution is 2.57. The first kappa shape index (κ1) is 25.3. The number of nitrogens with zero attached hydrogens (tertiary/aromatic N) is 2. The Morgan fingerprint density at radius 3 is 2.74 bits per heavy atom. The molecule has 202 valence electrons. The molecule has 12 heteroatoms. The number of carbonyl (C=O) groups excluding carboxylic acids is 1. The number of hydrogen-bond donors (Lipinski definition) is 3. The minimum atomic E-state index is -4.33. The third kappa shape index (κ3) is 4.40. The first-order valence-electron chi connectivity index (χ1n) is 12.3. The molecule has 3 aromatic heterocycles. The van der Waals surface area contributed by atoms with Gasteiger partial charge in [-0.15, -0.1) is 0 Å². The summed E-state index contributed by atoms with van der Waals surface area (Å²) in [5.41, 5.74) is 2.46. The van der Waals surface area contributed by atoms with Crippen molar-refractivity contribution >= 4 is 39.9 Å². The third-order valence-corrected chi connectivity index (χ3v) is 7.47. The van der Waals surface area contributed by atoms with Crippen LogP contribution in [0.15, 0.2) is 42.6 Å². The van der Waals surface area contributed by atoms with Gasteiger partial charge in [0.05, 0.1) is 40.3 Å². The zero-order valence-electron chi connectivity index (χ0n) is 20.7. The van der Waals surface area contributed by atoms with Crippen LogP contribution in [0.1, 0.15) is 28.9 Å². The first-order chi connectivity index (χ1) is 18.7. The van der Waals surface area contributed by atoms with Gasteiger partial charge in [0.2, 0.25) is 5.88 Å². The van der Waals surface area contributed by atoms with Crippen molar-refractivity contribution in [2.24, 2.45) is 5.41 Å². The fraction of sp³-hybridized carbons (Fsp3) is 0.296.